The normalized spacial score (nSPS) is 10.1. The number of hydrogen-bond acceptors (Lipinski definition) is 3. The first-order chi connectivity index (χ1) is 11.4. The Morgan fingerprint density at radius 1 is 1.08 bits per heavy atom. The fourth-order valence-electron chi connectivity index (χ4n) is 2.24. The molecule has 0 atom stereocenters. The Balaban J connectivity index is 0.00000312. The van der Waals surface area contributed by atoms with E-state index in [-0.39, 0.29) is 24.2 Å². The number of amides is 2. The van der Waals surface area contributed by atoms with E-state index in [9.17, 15) is 9.59 Å². The Bertz CT molecular complexity index is 760. The average molecular weight is 362 g/mol. The van der Waals surface area contributed by atoms with E-state index in [4.69, 9.17) is 5.73 Å². The first-order valence-electron chi connectivity index (χ1n) is 7.93. The SMILES string of the molecule is Cc1cc(C(=O)NCC(C)C)ccc1NC(=O)c1ccccc1N.Cl. The number of aryl methyl sites for hydroxylation is 1. The first kappa shape index (κ1) is 20.5. The molecule has 0 bridgehead atoms. The Morgan fingerprint density at radius 2 is 1.76 bits per heavy atom. The highest BCUT2D eigenvalue weighted by atomic mass is 35.5. The molecule has 2 rings (SSSR count). The van der Waals surface area contributed by atoms with Gasteiger partial charge < -0.3 is 16.4 Å². The Hall–Kier alpha value is -2.53. The molecule has 0 radical (unpaired) electrons. The molecule has 4 N–H and O–H groups in total. The third-order valence-electron chi connectivity index (χ3n) is 3.61. The summed E-state index contributed by atoms with van der Waals surface area (Å²) in [5.41, 5.74) is 8.72. The lowest BCUT2D eigenvalue weighted by Crippen LogP contribution is -2.27. The molecule has 0 unspecified atom stereocenters. The van der Waals surface area contributed by atoms with Crippen molar-refractivity contribution >= 4 is 35.6 Å². The lowest BCUT2D eigenvalue weighted by atomic mass is 10.1. The molecule has 2 aromatic carbocycles. The van der Waals surface area contributed by atoms with Crippen molar-refractivity contribution in [3.63, 3.8) is 0 Å². The van der Waals surface area contributed by atoms with Crippen LogP contribution in [-0.4, -0.2) is 18.4 Å². The number of nitrogens with two attached hydrogens (primary N) is 1. The van der Waals surface area contributed by atoms with Crippen LogP contribution >= 0.6 is 12.4 Å². The highest BCUT2D eigenvalue weighted by Crippen LogP contribution is 2.19. The minimum atomic E-state index is -0.270. The third-order valence-corrected chi connectivity index (χ3v) is 3.61. The molecule has 0 fully saturated rings. The fraction of sp³-hybridized carbons (Fsp3) is 0.263. The standard InChI is InChI=1S/C19H23N3O2.ClH/c1-12(2)11-21-18(23)14-8-9-17(13(3)10-14)22-19(24)15-6-4-5-7-16(15)20;/h4-10,12H,11,20H2,1-3H3,(H,21,23)(H,22,24);1H. The van der Waals surface area contributed by atoms with Crippen molar-refractivity contribution in [2.45, 2.75) is 20.8 Å². The van der Waals surface area contributed by atoms with E-state index in [1.807, 2.05) is 20.8 Å². The third kappa shape index (κ3) is 5.50. The Labute approximate surface area is 154 Å². The van der Waals surface area contributed by atoms with Gasteiger partial charge in [0.25, 0.3) is 11.8 Å². The van der Waals surface area contributed by atoms with Crippen LogP contribution in [0, 0.1) is 12.8 Å². The molecular weight excluding hydrogens is 338 g/mol. The van der Waals surface area contributed by atoms with Gasteiger partial charge in [0.15, 0.2) is 0 Å². The summed E-state index contributed by atoms with van der Waals surface area (Å²) in [4.78, 5) is 24.4. The molecule has 2 amide bonds. The topological polar surface area (TPSA) is 84.2 Å². The minimum Gasteiger partial charge on any atom is -0.398 e. The van der Waals surface area contributed by atoms with Crippen LogP contribution in [0.15, 0.2) is 42.5 Å². The lowest BCUT2D eigenvalue weighted by Gasteiger charge is -2.12. The van der Waals surface area contributed by atoms with Crippen LogP contribution in [0.1, 0.15) is 40.1 Å². The molecule has 0 spiro atoms. The zero-order valence-corrected chi connectivity index (χ0v) is 15.4. The molecule has 134 valence electrons. The van der Waals surface area contributed by atoms with Gasteiger partial charge in [0.05, 0.1) is 5.56 Å². The number of carbonyl (C=O) groups is 2. The summed E-state index contributed by atoms with van der Waals surface area (Å²) in [6, 6.07) is 12.1. The maximum absolute atomic E-state index is 12.3. The largest absolute Gasteiger partial charge is 0.398 e. The van der Waals surface area contributed by atoms with Crippen molar-refractivity contribution in [3.8, 4) is 0 Å². The van der Waals surface area contributed by atoms with Crippen LogP contribution in [0.5, 0.6) is 0 Å². The monoisotopic (exact) mass is 361 g/mol. The van der Waals surface area contributed by atoms with Gasteiger partial charge in [-0.2, -0.15) is 0 Å². The molecular formula is C19H24ClN3O2. The van der Waals surface area contributed by atoms with Gasteiger partial charge in [-0.05, 0) is 48.7 Å². The van der Waals surface area contributed by atoms with Crippen LogP contribution in [0.25, 0.3) is 0 Å². The average Bonchev–Trinajstić information content (AvgIpc) is 2.54. The van der Waals surface area contributed by atoms with Gasteiger partial charge in [0.2, 0.25) is 0 Å². The highest BCUT2D eigenvalue weighted by molar-refractivity contribution is 6.08. The Morgan fingerprint density at radius 3 is 2.36 bits per heavy atom. The van der Waals surface area contributed by atoms with Gasteiger partial charge in [-0.15, -0.1) is 12.4 Å². The molecule has 0 aromatic heterocycles. The summed E-state index contributed by atoms with van der Waals surface area (Å²) in [6.45, 7) is 6.56. The van der Waals surface area contributed by atoms with E-state index >= 15 is 0 Å². The number of hydrogen-bond donors (Lipinski definition) is 3. The predicted molar refractivity (Wildman–Crippen MR) is 104 cm³/mol. The fourth-order valence-corrected chi connectivity index (χ4v) is 2.24. The highest BCUT2D eigenvalue weighted by Gasteiger charge is 2.12. The molecule has 2 aromatic rings. The second-order valence-corrected chi connectivity index (χ2v) is 6.17. The van der Waals surface area contributed by atoms with Crippen molar-refractivity contribution in [3.05, 3.63) is 59.2 Å². The maximum atomic E-state index is 12.3. The van der Waals surface area contributed by atoms with Crippen molar-refractivity contribution in [2.24, 2.45) is 5.92 Å². The number of benzene rings is 2. The van der Waals surface area contributed by atoms with Gasteiger partial charge in [0, 0.05) is 23.5 Å². The quantitative estimate of drug-likeness (QED) is 0.711. The predicted octanol–water partition coefficient (Wildman–Crippen LogP) is 3.64. The van der Waals surface area contributed by atoms with E-state index in [0.29, 0.717) is 35.0 Å². The van der Waals surface area contributed by atoms with Crippen molar-refractivity contribution < 1.29 is 9.59 Å². The Kier molecular flexibility index (Phi) is 7.45. The molecule has 5 nitrogen and oxygen atoms in total. The number of nitrogens with one attached hydrogen (secondary N) is 2. The number of halogens is 1. The number of para-hydroxylation sites is 1. The van der Waals surface area contributed by atoms with E-state index < -0.39 is 0 Å². The molecule has 0 heterocycles. The molecule has 25 heavy (non-hydrogen) atoms. The summed E-state index contributed by atoms with van der Waals surface area (Å²) in [6.07, 6.45) is 0. The number of anilines is 2. The smallest absolute Gasteiger partial charge is 0.257 e. The van der Waals surface area contributed by atoms with Crippen LogP contribution in [0.4, 0.5) is 11.4 Å². The van der Waals surface area contributed by atoms with Crippen LogP contribution in [-0.2, 0) is 0 Å². The molecule has 0 aliphatic rings. The van der Waals surface area contributed by atoms with E-state index in [0.717, 1.165) is 5.56 Å². The lowest BCUT2D eigenvalue weighted by molar-refractivity contribution is 0.0948. The van der Waals surface area contributed by atoms with Gasteiger partial charge in [-0.25, -0.2) is 0 Å². The van der Waals surface area contributed by atoms with Crippen molar-refractivity contribution in [2.75, 3.05) is 17.6 Å². The summed E-state index contributed by atoms with van der Waals surface area (Å²) >= 11 is 0. The van der Waals surface area contributed by atoms with E-state index in [2.05, 4.69) is 10.6 Å². The summed E-state index contributed by atoms with van der Waals surface area (Å²) in [5, 5.41) is 5.71. The molecule has 0 saturated heterocycles. The molecule has 0 aliphatic heterocycles. The zero-order valence-electron chi connectivity index (χ0n) is 14.6. The van der Waals surface area contributed by atoms with E-state index in [1.165, 1.54) is 0 Å². The number of rotatable bonds is 5. The van der Waals surface area contributed by atoms with Crippen LogP contribution in [0.2, 0.25) is 0 Å². The zero-order chi connectivity index (χ0) is 17.7. The van der Waals surface area contributed by atoms with Crippen molar-refractivity contribution in [1.29, 1.82) is 0 Å². The van der Waals surface area contributed by atoms with Crippen LogP contribution in [0.3, 0.4) is 0 Å². The first-order valence-corrected chi connectivity index (χ1v) is 7.93. The van der Waals surface area contributed by atoms with Crippen LogP contribution < -0.4 is 16.4 Å². The minimum absolute atomic E-state index is 0. The summed E-state index contributed by atoms with van der Waals surface area (Å²) in [7, 11) is 0. The van der Waals surface area contributed by atoms with Crippen molar-refractivity contribution in [1.82, 2.24) is 5.32 Å². The summed E-state index contributed by atoms with van der Waals surface area (Å²) in [5.74, 6) is 0.00938. The van der Waals surface area contributed by atoms with Gasteiger partial charge >= 0.3 is 0 Å². The number of carbonyl (C=O) groups excluding carboxylic acids is 2. The molecule has 0 aliphatic carbocycles. The maximum Gasteiger partial charge on any atom is 0.257 e. The molecule has 6 heteroatoms. The van der Waals surface area contributed by atoms with Gasteiger partial charge in [0.1, 0.15) is 0 Å². The second-order valence-electron chi connectivity index (χ2n) is 6.17. The van der Waals surface area contributed by atoms with Gasteiger partial charge in [-0.3, -0.25) is 9.59 Å². The molecule has 0 saturated carbocycles. The second kappa shape index (κ2) is 9.08. The van der Waals surface area contributed by atoms with Gasteiger partial charge in [-0.1, -0.05) is 26.0 Å². The number of nitrogen functional groups attached to an aromatic ring is 1. The van der Waals surface area contributed by atoms with E-state index in [1.54, 1.807) is 42.5 Å². The summed E-state index contributed by atoms with van der Waals surface area (Å²) < 4.78 is 0.